The largest absolute Gasteiger partial charge is 0.182 e. The van der Waals surface area contributed by atoms with E-state index in [4.69, 9.17) is 7.85 Å². The van der Waals surface area contributed by atoms with Crippen LogP contribution in [0.5, 0.6) is 0 Å². The molecule has 0 aromatic carbocycles. The van der Waals surface area contributed by atoms with Gasteiger partial charge < -0.3 is 0 Å². The average molecular weight is 128 g/mol. The molecule has 0 aliphatic carbocycles. The molecule has 2 radical (unpaired) electrons. The van der Waals surface area contributed by atoms with Gasteiger partial charge >= 0.3 is 0 Å². The highest BCUT2D eigenvalue weighted by Crippen LogP contribution is 2.31. The van der Waals surface area contributed by atoms with Crippen molar-refractivity contribution in [1.82, 2.24) is 0 Å². The lowest BCUT2D eigenvalue weighted by Gasteiger charge is -2.34. The zero-order chi connectivity index (χ0) is 7.00. The van der Waals surface area contributed by atoms with E-state index in [9.17, 15) is 0 Å². The van der Waals surface area contributed by atoms with Gasteiger partial charge in [-0.25, -0.2) is 0 Å². The maximum Gasteiger partial charge on any atom is 0.0893 e. The first-order chi connectivity index (χ1) is 3.25. The smallest absolute Gasteiger partial charge is 0.0893 e. The van der Waals surface area contributed by atoms with Crippen LogP contribution in [-0.4, -0.2) is 12.5 Å². The Morgan fingerprint density at radius 3 is 1.25 bits per heavy atom. The van der Waals surface area contributed by atoms with E-state index in [2.05, 4.69) is 33.4 Å². The molecule has 0 aromatic heterocycles. The molecule has 0 nitrogen and oxygen atoms in total. The first-order valence-electron chi connectivity index (χ1n) is 2.76. The predicted molar refractivity (Wildman–Crippen MR) is 42.6 cm³/mol. The van der Waals surface area contributed by atoms with Gasteiger partial charge in [0.2, 0.25) is 0 Å². The Morgan fingerprint density at radius 2 is 1.25 bits per heavy atom. The van der Waals surface area contributed by atoms with Crippen molar-refractivity contribution in [2.24, 2.45) is 5.41 Å². The molecular weight excluding hydrogens is 115 g/mol. The molecule has 1 atom stereocenters. The fraction of sp³-hybridized carbons (Fsp3) is 1.00. The molecule has 0 aromatic rings. The lowest BCUT2D eigenvalue weighted by atomic mass is 9.69. The molecular formula is C6H13BS. The molecule has 0 aliphatic rings. The minimum absolute atomic E-state index is 0.0795. The van der Waals surface area contributed by atoms with Crippen LogP contribution in [0.15, 0.2) is 0 Å². The molecule has 2 heteroatoms. The van der Waals surface area contributed by atoms with Crippen molar-refractivity contribution in [1.29, 1.82) is 0 Å². The van der Waals surface area contributed by atoms with Crippen molar-refractivity contribution < 1.29 is 0 Å². The Bertz CT molecular complexity index is 63.5. The van der Waals surface area contributed by atoms with Crippen molar-refractivity contribution in [3.63, 3.8) is 0 Å². The van der Waals surface area contributed by atoms with Gasteiger partial charge in [0.05, 0.1) is 7.85 Å². The second-order valence-corrected chi connectivity index (χ2v) is 4.33. The SMILES string of the molecule is [B]C(C)(S)C(C)(C)C. The van der Waals surface area contributed by atoms with Crippen LogP contribution in [0.4, 0.5) is 0 Å². The van der Waals surface area contributed by atoms with Crippen LogP contribution in [0.3, 0.4) is 0 Å². The molecule has 0 fully saturated rings. The number of rotatable bonds is 0. The van der Waals surface area contributed by atoms with E-state index in [1.54, 1.807) is 0 Å². The third-order valence-corrected chi connectivity index (χ3v) is 2.19. The van der Waals surface area contributed by atoms with Crippen molar-refractivity contribution >= 4 is 20.5 Å². The summed E-state index contributed by atoms with van der Waals surface area (Å²) < 4.78 is -0.368. The average Bonchev–Trinajstić information content (AvgIpc) is 1.25. The summed E-state index contributed by atoms with van der Waals surface area (Å²) in [6.07, 6.45) is 0. The first-order valence-corrected chi connectivity index (χ1v) is 3.21. The van der Waals surface area contributed by atoms with E-state index >= 15 is 0 Å². The maximum atomic E-state index is 5.68. The molecule has 0 saturated carbocycles. The zero-order valence-corrected chi connectivity index (χ0v) is 6.92. The third-order valence-electron chi connectivity index (χ3n) is 1.52. The Hall–Kier alpha value is 0.415. The Kier molecular flexibility index (Phi) is 2.08. The number of thiol groups is 1. The Morgan fingerprint density at radius 1 is 1.12 bits per heavy atom. The normalized spacial score (nSPS) is 20.1. The van der Waals surface area contributed by atoms with Crippen molar-refractivity contribution in [2.75, 3.05) is 0 Å². The van der Waals surface area contributed by atoms with Gasteiger partial charge in [0.1, 0.15) is 0 Å². The molecule has 0 rings (SSSR count). The standard InChI is InChI=1S/C6H13BS/c1-5(2,3)6(4,7)8/h8H,1-4H3. The van der Waals surface area contributed by atoms with Crippen molar-refractivity contribution in [2.45, 2.75) is 32.3 Å². The molecule has 0 amide bonds. The summed E-state index contributed by atoms with van der Waals surface area (Å²) in [6.45, 7) is 8.12. The summed E-state index contributed by atoms with van der Waals surface area (Å²) >= 11 is 4.21. The summed E-state index contributed by atoms with van der Waals surface area (Å²) in [5.74, 6) is 0. The summed E-state index contributed by atoms with van der Waals surface area (Å²) in [7, 11) is 5.68. The number of hydrogen-bond acceptors (Lipinski definition) is 1. The highest BCUT2D eigenvalue weighted by molar-refractivity contribution is 7.83. The molecule has 0 N–H and O–H groups in total. The van der Waals surface area contributed by atoms with Crippen LogP contribution >= 0.6 is 12.6 Å². The fourth-order valence-corrected chi connectivity index (χ4v) is 0. The summed E-state index contributed by atoms with van der Waals surface area (Å²) in [5, 5.41) is 0. The number of hydrogen-bond donors (Lipinski definition) is 1. The van der Waals surface area contributed by atoms with E-state index in [1.807, 2.05) is 6.92 Å². The highest BCUT2D eigenvalue weighted by Gasteiger charge is 2.27. The molecule has 1 unspecified atom stereocenters. The Balaban J connectivity index is 4.02. The van der Waals surface area contributed by atoms with Gasteiger partial charge in [-0.2, -0.15) is 12.6 Å². The Labute approximate surface area is 58.9 Å². The summed E-state index contributed by atoms with van der Waals surface area (Å²) in [4.78, 5) is 0. The molecule has 8 heavy (non-hydrogen) atoms. The van der Waals surface area contributed by atoms with Gasteiger partial charge in [0.25, 0.3) is 0 Å². The van der Waals surface area contributed by atoms with Gasteiger partial charge in [-0.3, -0.25) is 0 Å². The zero-order valence-electron chi connectivity index (χ0n) is 6.02. The van der Waals surface area contributed by atoms with Gasteiger partial charge in [0.15, 0.2) is 0 Å². The highest BCUT2D eigenvalue weighted by atomic mass is 32.1. The minimum atomic E-state index is -0.368. The van der Waals surface area contributed by atoms with E-state index in [0.717, 1.165) is 0 Å². The molecule has 0 heterocycles. The molecule has 0 saturated heterocycles. The summed E-state index contributed by atoms with van der Waals surface area (Å²) in [5.41, 5.74) is 0.0795. The van der Waals surface area contributed by atoms with Crippen molar-refractivity contribution in [3.8, 4) is 0 Å². The van der Waals surface area contributed by atoms with Crippen molar-refractivity contribution in [3.05, 3.63) is 0 Å². The van der Waals surface area contributed by atoms with Gasteiger partial charge in [-0.05, 0) is 10.1 Å². The van der Waals surface area contributed by atoms with Gasteiger partial charge in [-0.15, -0.1) is 0 Å². The topological polar surface area (TPSA) is 0 Å². The van der Waals surface area contributed by atoms with Crippen LogP contribution in [-0.2, 0) is 0 Å². The predicted octanol–water partition coefficient (Wildman–Crippen LogP) is 1.85. The molecule has 0 bridgehead atoms. The van der Waals surface area contributed by atoms with Crippen LogP contribution in [0.2, 0.25) is 0 Å². The van der Waals surface area contributed by atoms with E-state index in [-0.39, 0.29) is 10.1 Å². The fourth-order valence-electron chi connectivity index (χ4n) is 0. The second-order valence-electron chi connectivity index (χ2n) is 3.40. The van der Waals surface area contributed by atoms with Crippen LogP contribution < -0.4 is 0 Å². The summed E-state index contributed by atoms with van der Waals surface area (Å²) in [6, 6.07) is 0. The van der Waals surface area contributed by atoms with E-state index in [0.29, 0.717) is 0 Å². The molecule has 0 spiro atoms. The second kappa shape index (κ2) is 1.98. The lowest BCUT2D eigenvalue weighted by Crippen LogP contribution is -2.34. The van der Waals surface area contributed by atoms with E-state index in [1.165, 1.54) is 0 Å². The minimum Gasteiger partial charge on any atom is -0.182 e. The monoisotopic (exact) mass is 128 g/mol. The van der Waals surface area contributed by atoms with Crippen LogP contribution in [0, 0.1) is 5.41 Å². The quantitative estimate of drug-likeness (QED) is 0.373. The third kappa shape index (κ3) is 2.12. The van der Waals surface area contributed by atoms with Gasteiger partial charge in [0, 0.05) is 0 Å². The van der Waals surface area contributed by atoms with Gasteiger partial charge in [-0.1, -0.05) is 27.7 Å². The van der Waals surface area contributed by atoms with E-state index < -0.39 is 0 Å². The maximum absolute atomic E-state index is 5.68. The van der Waals surface area contributed by atoms with Crippen LogP contribution in [0.25, 0.3) is 0 Å². The van der Waals surface area contributed by atoms with Crippen LogP contribution in [0.1, 0.15) is 27.7 Å². The molecule has 46 valence electrons. The lowest BCUT2D eigenvalue weighted by molar-refractivity contribution is 0.380. The molecule has 0 aliphatic heterocycles. The first kappa shape index (κ1) is 8.41.